The van der Waals surface area contributed by atoms with Crippen LogP contribution in [-0.2, 0) is 0 Å². The summed E-state index contributed by atoms with van der Waals surface area (Å²) in [6.45, 7) is 2.23. The quantitative estimate of drug-likeness (QED) is 0.381. The fraction of sp³-hybridized carbons (Fsp3) is 1.00. The van der Waals surface area contributed by atoms with Crippen molar-refractivity contribution in [3.63, 3.8) is 0 Å². The van der Waals surface area contributed by atoms with Gasteiger partial charge in [-0.3, -0.25) is 0 Å². The number of hydrogen-bond acceptors (Lipinski definition) is 2. The van der Waals surface area contributed by atoms with Gasteiger partial charge >= 0.3 is 0 Å². The maximum atomic E-state index is 9.47. The molecular weight excluding hydrogens is 88.9 g/mol. The van der Waals surface area contributed by atoms with Crippen molar-refractivity contribution in [1.29, 1.82) is 0 Å². The summed E-state index contributed by atoms with van der Waals surface area (Å²) in [6.07, 6.45) is 0.547. The lowest BCUT2D eigenvalue weighted by molar-refractivity contribution is 0.662. The topological polar surface area (TPSA) is 29.4 Å². The number of nitroso groups, excluding NO2 is 1. The first kappa shape index (κ1) is 6.66. The second kappa shape index (κ2) is 3.84. The smallest absolute Gasteiger partial charge is 0.0829 e. The second-order valence-electron chi connectivity index (χ2n) is 1.65. The zero-order valence-electron chi connectivity index (χ0n) is 4.42. The largest absolute Gasteiger partial charge is 0.151 e. The number of hydrogen-bond donors (Lipinski definition) is 0. The average Bonchev–Trinajstić information content (AvgIpc) is 1.68. The third-order valence-electron chi connectivity index (χ3n) is 0.789. The summed E-state index contributed by atoms with van der Waals surface area (Å²) >= 11 is 0. The van der Waals surface area contributed by atoms with Gasteiger partial charge in [-0.15, -0.1) is 0 Å². The minimum absolute atomic E-state index is 0.248. The Hall–Kier alpha value is -0.335. The maximum Gasteiger partial charge on any atom is 0.0829 e. The summed E-state index contributed by atoms with van der Waals surface area (Å²) in [7, 11) is 5.16. The molecule has 38 valence electrons. The summed E-state index contributed by atoms with van der Waals surface area (Å²) in [5, 5.41) is 2.68. The van der Waals surface area contributed by atoms with Crippen molar-refractivity contribution in [2.75, 3.05) is 6.54 Å². The van der Waals surface area contributed by atoms with E-state index in [2.05, 4.69) is 5.18 Å². The zero-order valence-corrected chi connectivity index (χ0v) is 4.42. The summed E-state index contributed by atoms with van der Waals surface area (Å²) < 4.78 is 0. The highest BCUT2D eigenvalue weighted by Gasteiger charge is 1.93. The normalized spacial score (nSPS) is 13.3. The highest BCUT2D eigenvalue weighted by Crippen LogP contribution is 1.97. The van der Waals surface area contributed by atoms with Crippen LogP contribution in [-0.4, -0.2) is 14.4 Å². The molecule has 0 aliphatic rings. The van der Waals surface area contributed by atoms with Crippen LogP contribution in [0, 0.1) is 10.8 Å². The van der Waals surface area contributed by atoms with Gasteiger partial charge in [0.15, 0.2) is 0 Å². The minimum atomic E-state index is 0.248. The van der Waals surface area contributed by atoms with Crippen LogP contribution in [0.25, 0.3) is 0 Å². The van der Waals surface area contributed by atoms with Crippen LogP contribution in [0.15, 0.2) is 5.18 Å². The Morgan fingerprint density at radius 1 is 1.86 bits per heavy atom. The third kappa shape index (κ3) is 3.50. The lowest BCUT2D eigenvalue weighted by atomic mass is 9.93. The Morgan fingerprint density at radius 3 is 2.57 bits per heavy atom. The maximum absolute atomic E-state index is 9.47. The molecule has 0 amide bonds. The highest BCUT2D eigenvalue weighted by molar-refractivity contribution is 6.08. The Kier molecular flexibility index (Phi) is 3.66. The third-order valence-corrected chi connectivity index (χ3v) is 0.789. The predicted molar refractivity (Wildman–Crippen MR) is 30.4 cm³/mol. The fourth-order valence-electron chi connectivity index (χ4n) is 0.202. The first-order valence-electron chi connectivity index (χ1n) is 2.30. The fourth-order valence-corrected chi connectivity index (χ4v) is 0.202. The number of nitrogens with zero attached hydrogens (tertiary/aromatic N) is 1. The van der Waals surface area contributed by atoms with E-state index in [4.69, 9.17) is 7.85 Å². The molecule has 0 N–H and O–H groups in total. The van der Waals surface area contributed by atoms with E-state index in [-0.39, 0.29) is 5.92 Å². The summed E-state index contributed by atoms with van der Waals surface area (Å²) in [6, 6.07) is 0. The van der Waals surface area contributed by atoms with Gasteiger partial charge in [0.25, 0.3) is 0 Å². The SMILES string of the molecule is [B]CC(C)CN=O. The molecule has 3 heteroatoms. The van der Waals surface area contributed by atoms with E-state index >= 15 is 0 Å². The minimum Gasteiger partial charge on any atom is -0.151 e. The molecule has 0 saturated heterocycles. The van der Waals surface area contributed by atoms with Crippen molar-refractivity contribution >= 4 is 7.85 Å². The van der Waals surface area contributed by atoms with E-state index in [9.17, 15) is 4.91 Å². The van der Waals surface area contributed by atoms with E-state index in [1.54, 1.807) is 0 Å². The van der Waals surface area contributed by atoms with Gasteiger partial charge in [0.05, 0.1) is 14.4 Å². The van der Waals surface area contributed by atoms with Gasteiger partial charge in [-0.1, -0.05) is 18.4 Å². The van der Waals surface area contributed by atoms with Crippen molar-refractivity contribution in [2.45, 2.75) is 13.2 Å². The van der Waals surface area contributed by atoms with Gasteiger partial charge in [-0.05, 0) is 5.92 Å². The molecule has 0 aliphatic carbocycles. The van der Waals surface area contributed by atoms with E-state index in [1.807, 2.05) is 6.92 Å². The standard InChI is InChI=1S/C4H8BNO/c1-4(2-5)3-6-7/h4H,2-3H2,1H3. The van der Waals surface area contributed by atoms with Crippen molar-refractivity contribution in [2.24, 2.45) is 11.1 Å². The molecule has 0 aromatic heterocycles. The van der Waals surface area contributed by atoms with Crippen molar-refractivity contribution in [1.82, 2.24) is 0 Å². The molecule has 0 aromatic carbocycles. The molecule has 0 rings (SSSR count). The molecule has 7 heavy (non-hydrogen) atoms. The van der Waals surface area contributed by atoms with Crippen LogP contribution in [0.2, 0.25) is 6.32 Å². The van der Waals surface area contributed by atoms with Gasteiger partial charge < -0.3 is 0 Å². The Bertz CT molecular complexity index is 57.7. The van der Waals surface area contributed by atoms with Gasteiger partial charge in [0.2, 0.25) is 0 Å². The summed E-state index contributed by atoms with van der Waals surface area (Å²) in [5.74, 6) is 0.248. The molecule has 0 aliphatic heterocycles. The van der Waals surface area contributed by atoms with Crippen LogP contribution in [0.5, 0.6) is 0 Å². The molecule has 0 aromatic rings. The number of rotatable bonds is 3. The van der Waals surface area contributed by atoms with Crippen molar-refractivity contribution in [3.05, 3.63) is 4.91 Å². The van der Waals surface area contributed by atoms with E-state index in [0.717, 1.165) is 0 Å². The molecule has 1 unspecified atom stereocenters. The monoisotopic (exact) mass is 97.1 g/mol. The Balaban J connectivity index is 2.98. The van der Waals surface area contributed by atoms with Gasteiger partial charge in [0, 0.05) is 0 Å². The van der Waals surface area contributed by atoms with Gasteiger partial charge in [-0.2, -0.15) is 4.91 Å². The molecule has 0 spiro atoms. The molecule has 2 nitrogen and oxygen atoms in total. The summed E-state index contributed by atoms with van der Waals surface area (Å²) in [4.78, 5) is 9.47. The first-order valence-corrected chi connectivity index (χ1v) is 2.30. The van der Waals surface area contributed by atoms with Crippen LogP contribution in [0.4, 0.5) is 0 Å². The van der Waals surface area contributed by atoms with E-state index in [1.165, 1.54) is 0 Å². The van der Waals surface area contributed by atoms with E-state index < -0.39 is 0 Å². The highest BCUT2D eigenvalue weighted by atomic mass is 16.3. The molecule has 2 radical (unpaired) electrons. The summed E-state index contributed by atoms with van der Waals surface area (Å²) in [5.41, 5.74) is 0. The Morgan fingerprint density at radius 2 is 2.43 bits per heavy atom. The Labute approximate surface area is 44.7 Å². The molecule has 1 atom stereocenters. The predicted octanol–water partition coefficient (Wildman–Crippen LogP) is 0.976. The molecule has 0 heterocycles. The van der Waals surface area contributed by atoms with Crippen LogP contribution < -0.4 is 0 Å². The lowest BCUT2D eigenvalue weighted by Gasteiger charge is -1.97. The second-order valence-corrected chi connectivity index (χ2v) is 1.65. The average molecular weight is 96.9 g/mol. The molecular formula is C4H8BNO. The van der Waals surface area contributed by atoms with Gasteiger partial charge in [-0.25, -0.2) is 0 Å². The van der Waals surface area contributed by atoms with E-state index in [0.29, 0.717) is 12.9 Å². The zero-order chi connectivity index (χ0) is 5.70. The molecule has 0 bridgehead atoms. The van der Waals surface area contributed by atoms with Crippen LogP contribution in [0.1, 0.15) is 6.92 Å². The van der Waals surface area contributed by atoms with Gasteiger partial charge in [0.1, 0.15) is 0 Å². The lowest BCUT2D eigenvalue weighted by Crippen LogP contribution is -1.95. The van der Waals surface area contributed by atoms with Crippen molar-refractivity contribution < 1.29 is 0 Å². The van der Waals surface area contributed by atoms with Crippen molar-refractivity contribution in [3.8, 4) is 0 Å². The molecule has 0 fully saturated rings. The molecule has 0 saturated carbocycles. The van der Waals surface area contributed by atoms with Crippen LogP contribution >= 0.6 is 0 Å². The van der Waals surface area contributed by atoms with Crippen LogP contribution in [0.3, 0.4) is 0 Å². The first-order chi connectivity index (χ1) is 3.31.